The summed E-state index contributed by atoms with van der Waals surface area (Å²) in [7, 11) is 0. The molecule has 5 aromatic rings. The molecule has 3 heterocycles. The van der Waals surface area contributed by atoms with E-state index in [1.54, 1.807) is 30.3 Å². The minimum atomic E-state index is -4.48. The van der Waals surface area contributed by atoms with Crippen molar-refractivity contribution in [1.82, 2.24) is 25.0 Å². The number of aromatic nitrogens is 5. The maximum Gasteiger partial charge on any atom is 0.395 e. The number of alkyl halides is 3. The number of anilines is 2. The molecule has 2 bridgehead atoms. The Morgan fingerprint density at radius 3 is 2.58 bits per heavy atom. The van der Waals surface area contributed by atoms with Gasteiger partial charge in [0.25, 0.3) is 0 Å². The van der Waals surface area contributed by atoms with Gasteiger partial charge < -0.3 is 10.6 Å². The Morgan fingerprint density at radius 1 is 1.11 bits per heavy atom. The summed E-state index contributed by atoms with van der Waals surface area (Å²) < 4.78 is 57.8. The number of hydrogen-bond donors (Lipinski definition) is 2. The van der Waals surface area contributed by atoms with Crippen molar-refractivity contribution in [1.29, 1.82) is 5.26 Å². The van der Waals surface area contributed by atoms with Gasteiger partial charge in [0.05, 0.1) is 45.0 Å². The minimum absolute atomic E-state index is 0.0106. The highest BCUT2D eigenvalue weighted by atomic mass is 35.5. The average molecular weight is 635 g/mol. The van der Waals surface area contributed by atoms with Crippen LogP contribution in [0.4, 0.5) is 28.9 Å². The fourth-order valence-corrected chi connectivity index (χ4v) is 6.54. The lowest BCUT2D eigenvalue weighted by atomic mass is 9.50. The third-order valence-corrected chi connectivity index (χ3v) is 9.48. The summed E-state index contributed by atoms with van der Waals surface area (Å²) in [6.07, 6.45) is 3.42. The Hall–Kier alpha value is -4.50. The van der Waals surface area contributed by atoms with Crippen molar-refractivity contribution < 1.29 is 17.6 Å². The van der Waals surface area contributed by atoms with Crippen molar-refractivity contribution in [2.24, 2.45) is 11.3 Å². The maximum atomic E-state index is 14.8. The predicted octanol–water partition coefficient (Wildman–Crippen LogP) is 7.75. The number of halogens is 5. The van der Waals surface area contributed by atoms with E-state index < -0.39 is 30.0 Å². The van der Waals surface area contributed by atoms with Crippen LogP contribution in [0.15, 0.2) is 55.0 Å². The third kappa shape index (κ3) is 4.81. The molecule has 0 amide bonds. The van der Waals surface area contributed by atoms with Crippen molar-refractivity contribution in [3.8, 4) is 6.07 Å². The Labute approximate surface area is 260 Å². The second kappa shape index (κ2) is 10.3. The fourth-order valence-electron chi connectivity index (χ4n) is 6.27. The lowest BCUT2D eigenvalue weighted by Crippen LogP contribution is -2.59. The van der Waals surface area contributed by atoms with Crippen LogP contribution in [0.2, 0.25) is 5.02 Å². The highest BCUT2D eigenvalue weighted by molar-refractivity contribution is 6.35. The molecule has 2 N–H and O–H groups in total. The van der Waals surface area contributed by atoms with Crippen LogP contribution in [0.25, 0.3) is 21.8 Å². The van der Waals surface area contributed by atoms with Crippen LogP contribution in [0.5, 0.6) is 0 Å². The zero-order valence-corrected chi connectivity index (χ0v) is 25.0. The molecule has 8 rings (SSSR count). The smallest absolute Gasteiger partial charge is 0.382 e. The number of rotatable bonds is 8. The zero-order chi connectivity index (χ0) is 31.7. The number of hydrogen-bond acceptors (Lipinski definition) is 7. The molecule has 0 saturated heterocycles. The number of nitriles is 1. The van der Waals surface area contributed by atoms with E-state index in [1.807, 2.05) is 16.9 Å². The molecule has 8 nitrogen and oxygen atoms in total. The molecule has 0 aliphatic heterocycles. The van der Waals surface area contributed by atoms with Crippen LogP contribution in [0.1, 0.15) is 56.0 Å². The first-order chi connectivity index (χ1) is 21.4. The van der Waals surface area contributed by atoms with E-state index in [-0.39, 0.29) is 27.3 Å². The van der Waals surface area contributed by atoms with E-state index in [0.717, 1.165) is 39.0 Å². The third-order valence-electron chi connectivity index (χ3n) is 9.19. The zero-order valence-electron chi connectivity index (χ0n) is 24.3. The van der Waals surface area contributed by atoms with E-state index >= 15 is 0 Å². The molecule has 1 atom stereocenters. The first-order valence-electron chi connectivity index (χ1n) is 14.4. The van der Waals surface area contributed by atoms with Crippen molar-refractivity contribution in [3.63, 3.8) is 0 Å². The van der Waals surface area contributed by atoms with E-state index in [0.29, 0.717) is 33.2 Å². The van der Waals surface area contributed by atoms with Gasteiger partial charge in [-0.25, -0.2) is 9.07 Å². The van der Waals surface area contributed by atoms with Crippen molar-refractivity contribution in [2.75, 3.05) is 17.2 Å². The topological polar surface area (TPSA) is 104 Å². The summed E-state index contributed by atoms with van der Waals surface area (Å²) in [6.45, 7) is 1.69. The van der Waals surface area contributed by atoms with Gasteiger partial charge in [0.1, 0.15) is 23.1 Å². The van der Waals surface area contributed by atoms with Gasteiger partial charge in [-0.15, -0.1) is 5.10 Å². The molecule has 13 heteroatoms. The quantitative estimate of drug-likeness (QED) is 0.168. The van der Waals surface area contributed by atoms with E-state index in [1.165, 1.54) is 18.5 Å². The Balaban J connectivity index is 1.33. The highest BCUT2D eigenvalue weighted by Gasteiger charge is 2.59. The largest absolute Gasteiger partial charge is 0.395 e. The Morgan fingerprint density at radius 2 is 1.89 bits per heavy atom. The number of pyridine rings is 2. The summed E-state index contributed by atoms with van der Waals surface area (Å²) in [5, 5.41) is 26.3. The van der Waals surface area contributed by atoms with Gasteiger partial charge in [0.15, 0.2) is 0 Å². The van der Waals surface area contributed by atoms with E-state index in [4.69, 9.17) is 11.6 Å². The van der Waals surface area contributed by atoms with Crippen molar-refractivity contribution in [3.05, 3.63) is 82.6 Å². The lowest BCUT2D eigenvalue weighted by Gasteiger charge is -2.61. The van der Waals surface area contributed by atoms with Gasteiger partial charge in [-0.3, -0.25) is 9.97 Å². The van der Waals surface area contributed by atoms with Crippen LogP contribution < -0.4 is 10.6 Å². The number of nitrogens with one attached hydrogen (secondary N) is 2. The number of nitrogens with zero attached hydrogens (tertiary/aromatic N) is 6. The number of fused-ring (bicyclic) bond motifs is 2. The van der Waals surface area contributed by atoms with Gasteiger partial charge in [-0.2, -0.15) is 18.4 Å². The second-order valence-corrected chi connectivity index (χ2v) is 13.1. The molecule has 0 spiro atoms. The van der Waals surface area contributed by atoms with E-state index in [9.17, 15) is 22.8 Å². The molecule has 2 aromatic carbocycles. The van der Waals surface area contributed by atoms with Crippen LogP contribution in [-0.4, -0.2) is 37.7 Å². The standard InChI is InChI=1S/C32H27ClF4N8/c1-30(2,32(35,36)37)16-41-26-18(13-38)14-40-27-22(26)8-19(9-23(27)33)42-29(21-5-6-24(34)28-20(21)4-3-7-39-28)25-15-45(44-43-25)31-10-17(11-31)12-31/h3-9,14-15,17,29,42H,10-12,16H2,1-2H3,(H,40,41)/t17?,29-,31?/m0/s1. The highest BCUT2D eigenvalue weighted by Crippen LogP contribution is 2.62. The molecule has 3 aromatic heterocycles. The molecule has 0 radical (unpaired) electrons. The van der Waals surface area contributed by atoms with Crippen LogP contribution in [0, 0.1) is 28.5 Å². The second-order valence-electron chi connectivity index (χ2n) is 12.7. The van der Waals surface area contributed by atoms with Crippen molar-refractivity contribution >= 4 is 44.8 Å². The Bertz CT molecular complexity index is 2000. The fraction of sp³-hybridized carbons (Fsp3) is 0.344. The molecule has 3 saturated carbocycles. The molecule has 230 valence electrons. The minimum Gasteiger partial charge on any atom is -0.382 e. The SMILES string of the molecule is CC(C)(CNc1c(C#N)cnc2c(Cl)cc(N[C@H](c3cn(C45CC(C4)C5)nn3)c3ccc(F)c4ncccc34)cc12)C(F)(F)F. The van der Waals surface area contributed by atoms with Crippen LogP contribution in [-0.2, 0) is 5.54 Å². The molecule has 3 fully saturated rings. The van der Waals surface area contributed by atoms with Crippen molar-refractivity contribution in [2.45, 2.75) is 50.9 Å². The van der Waals surface area contributed by atoms with Gasteiger partial charge in [0, 0.05) is 35.4 Å². The first-order valence-corrected chi connectivity index (χ1v) is 14.8. The van der Waals surface area contributed by atoms with Gasteiger partial charge in [-0.05, 0) is 68.9 Å². The number of benzene rings is 2. The summed E-state index contributed by atoms with van der Waals surface area (Å²) in [6, 6.07) is 11.2. The van der Waals surface area contributed by atoms with Gasteiger partial charge >= 0.3 is 6.18 Å². The average Bonchev–Trinajstić information content (AvgIpc) is 3.42. The summed E-state index contributed by atoms with van der Waals surface area (Å²) in [5.41, 5.74) is 0.441. The maximum absolute atomic E-state index is 14.8. The Kier molecular flexibility index (Phi) is 6.67. The molecule has 3 aliphatic carbocycles. The summed E-state index contributed by atoms with van der Waals surface area (Å²) in [5.74, 6) is 0.266. The van der Waals surface area contributed by atoms with Crippen LogP contribution >= 0.6 is 11.6 Å². The molecule has 0 unspecified atom stereocenters. The monoisotopic (exact) mass is 634 g/mol. The van der Waals surface area contributed by atoms with Gasteiger partial charge in [0.2, 0.25) is 0 Å². The molecule has 45 heavy (non-hydrogen) atoms. The predicted molar refractivity (Wildman–Crippen MR) is 162 cm³/mol. The summed E-state index contributed by atoms with van der Waals surface area (Å²) >= 11 is 6.69. The normalized spacial score (nSPS) is 19.9. The molecular weight excluding hydrogens is 608 g/mol. The van der Waals surface area contributed by atoms with E-state index in [2.05, 4.69) is 30.9 Å². The lowest BCUT2D eigenvalue weighted by molar-refractivity contribution is -0.206. The molecular formula is C32H27ClF4N8. The first kappa shape index (κ1) is 29.2. The molecule has 3 aliphatic rings. The van der Waals surface area contributed by atoms with Crippen LogP contribution in [0.3, 0.4) is 0 Å². The van der Waals surface area contributed by atoms with Gasteiger partial charge in [-0.1, -0.05) is 28.9 Å². The summed E-state index contributed by atoms with van der Waals surface area (Å²) in [4.78, 5) is 8.57.